The Morgan fingerprint density at radius 1 is 1.17 bits per heavy atom. The maximum absolute atomic E-state index is 12.7. The number of benzene rings is 2. The second kappa shape index (κ2) is 7.84. The first kappa shape index (κ1) is 20.0. The first-order valence-corrected chi connectivity index (χ1v) is 9.85. The highest BCUT2D eigenvalue weighted by Crippen LogP contribution is 2.49. The first-order valence-electron chi connectivity index (χ1n) is 9.85. The molecule has 2 saturated heterocycles. The molecule has 0 amide bonds. The minimum absolute atomic E-state index is 0.0223. The van der Waals surface area contributed by atoms with Crippen molar-refractivity contribution < 1.29 is 22.6 Å². The Hall–Kier alpha value is -2.31. The maximum Gasteiger partial charge on any atom is 0.573 e. The van der Waals surface area contributed by atoms with Crippen molar-refractivity contribution in [2.45, 2.75) is 43.2 Å². The molecule has 2 aromatic carbocycles. The molecule has 29 heavy (non-hydrogen) atoms. The van der Waals surface area contributed by atoms with Crippen molar-refractivity contribution in [2.75, 3.05) is 13.2 Å². The van der Waals surface area contributed by atoms with Gasteiger partial charge in [-0.25, -0.2) is 0 Å². The summed E-state index contributed by atoms with van der Waals surface area (Å²) in [5.74, 6) is -0.230. The highest BCUT2D eigenvalue weighted by atomic mass is 19.4. The van der Waals surface area contributed by atoms with E-state index in [1.54, 1.807) is 12.1 Å². The normalized spacial score (nSPS) is 27.1. The molecule has 2 heterocycles. The second-order valence-corrected chi connectivity index (χ2v) is 7.72. The molecule has 2 aromatic rings. The Balaban J connectivity index is 1.63. The molecule has 0 aliphatic carbocycles. The van der Waals surface area contributed by atoms with E-state index in [2.05, 4.69) is 28.8 Å². The molecule has 1 N–H and O–H groups in total. The molecule has 3 atom stereocenters. The van der Waals surface area contributed by atoms with Gasteiger partial charge in [-0.15, -0.1) is 13.2 Å². The molecular formula is C23H24F3NO2. The van der Waals surface area contributed by atoms with E-state index in [0.29, 0.717) is 6.61 Å². The number of halogens is 3. The van der Waals surface area contributed by atoms with Crippen molar-refractivity contribution in [3.63, 3.8) is 0 Å². The number of hydrogen-bond acceptors (Lipinski definition) is 3. The molecule has 1 unspecified atom stereocenters. The van der Waals surface area contributed by atoms with Gasteiger partial charge in [0.05, 0.1) is 18.2 Å². The average Bonchev–Trinajstić information content (AvgIpc) is 3.12. The van der Waals surface area contributed by atoms with Gasteiger partial charge in [0.2, 0.25) is 0 Å². The van der Waals surface area contributed by atoms with Crippen molar-refractivity contribution in [1.29, 1.82) is 0 Å². The maximum atomic E-state index is 12.7. The number of nitrogens with one attached hydrogen (secondary N) is 1. The van der Waals surface area contributed by atoms with Crippen molar-refractivity contribution in [3.05, 3.63) is 71.8 Å². The lowest BCUT2D eigenvalue weighted by Crippen LogP contribution is -2.48. The molecule has 0 aromatic heterocycles. The number of piperidine rings is 1. The number of alkyl halides is 3. The van der Waals surface area contributed by atoms with Gasteiger partial charge in [0.1, 0.15) is 5.75 Å². The lowest BCUT2D eigenvalue weighted by atomic mass is 9.76. The number of rotatable bonds is 4. The topological polar surface area (TPSA) is 30.5 Å². The zero-order valence-electron chi connectivity index (χ0n) is 16.0. The molecular weight excluding hydrogens is 379 g/mol. The minimum Gasteiger partial charge on any atom is -0.406 e. The minimum atomic E-state index is -4.72. The monoisotopic (exact) mass is 403 g/mol. The predicted octanol–water partition coefficient (Wildman–Crippen LogP) is 5.60. The van der Waals surface area contributed by atoms with Crippen molar-refractivity contribution >= 4 is 6.08 Å². The van der Waals surface area contributed by atoms with Crippen LogP contribution in [0.2, 0.25) is 0 Å². The van der Waals surface area contributed by atoms with Crippen LogP contribution in [0, 0.1) is 0 Å². The highest BCUT2D eigenvalue weighted by molar-refractivity contribution is 5.55. The fourth-order valence-electron chi connectivity index (χ4n) is 4.70. The fraction of sp³-hybridized carbons (Fsp3) is 0.391. The van der Waals surface area contributed by atoms with Gasteiger partial charge < -0.3 is 14.8 Å². The third kappa shape index (κ3) is 4.19. The van der Waals surface area contributed by atoms with Crippen LogP contribution in [0.5, 0.6) is 5.75 Å². The van der Waals surface area contributed by atoms with Crippen LogP contribution in [0.15, 0.2) is 55.1 Å². The third-order valence-corrected chi connectivity index (χ3v) is 5.90. The largest absolute Gasteiger partial charge is 0.573 e. The van der Waals surface area contributed by atoms with Gasteiger partial charge in [-0.3, -0.25) is 0 Å². The Kier molecular flexibility index (Phi) is 5.40. The lowest BCUT2D eigenvalue weighted by Gasteiger charge is -2.41. The van der Waals surface area contributed by atoms with Gasteiger partial charge in [-0.1, -0.05) is 49.1 Å². The summed E-state index contributed by atoms with van der Waals surface area (Å²) < 4.78 is 48.6. The molecule has 0 radical (unpaired) electrons. The van der Waals surface area contributed by atoms with Gasteiger partial charge in [0.25, 0.3) is 0 Å². The van der Waals surface area contributed by atoms with E-state index in [9.17, 15) is 13.2 Å². The summed E-state index contributed by atoms with van der Waals surface area (Å²) in [6.07, 6.45) is -0.396. The van der Waals surface area contributed by atoms with E-state index < -0.39 is 6.36 Å². The molecule has 2 fully saturated rings. The predicted molar refractivity (Wildman–Crippen MR) is 106 cm³/mol. The zero-order valence-corrected chi connectivity index (χ0v) is 16.0. The van der Waals surface area contributed by atoms with Crippen molar-refractivity contribution in [1.82, 2.24) is 5.32 Å². The van der Waals surface area contributed by atoms with Gasteiger partial charge in [0, 0.05) is 5.92 Å². The Morgan fingerprint density at radius 3 is 2.69 bits per heavy atom. The van der Waals surface area contributed by atoms with E-state index in [4.69, 9.17) is 4.74 Å². The van der Waals surface area contributed by atoms with Crippen LogP contribution in [-0.2, 0) is 4.74 Å². The number of hydrogen-bond donors (Lipinski definition) is 1. The summed E-state index contributed by atoms with van der Waals surface area (Å²) in [6.45, 7) is 5.20. The smallest absolute Gasteiger partial charge is 0.406 e. The van der Waals surface area contributed by atoms with Crippen LogP contribution in [0.3, 0.4) is 0 Å². The summed E-state index contributed by atoms with van der Waals surface area (Å²) in [6, 6.07) is 14.7. The zero-order chi connectivity index (χ0) is 20.5. The Bertz CT molecular complexity index is 868. The third-order valence-electron chi connectivity index (χ3n) is 5.90. The molecule has 0 bridgehead atoms. The van der Waals surface area contributed by atoms with Gasteiger partial charge in [-0.2, -0.15) is 0 Å². The van der Waals surface area contributed by atoms with Gasteiger partial charge >= 0.3 is 6.36 Å². The van der Waals surface area contributed by atoms with E-state index >= 15 is 0 Å². The molecule has 2 aliphatic heterocycles. The quantitative estimate of drug-likeness (QED) is 0.721. The van der Waals surface area contributed by atoms with Gasteiger partial charge in [-0.05, 0) is 54.6 Å². The van der Waals surface area contributed by atoms with Crippen molar-refractivity contribution in [3.8, 4) is 5.75 Å². The SMILES string of the molecule is C=Cc1ccc(OC(F)(F)F)cc1[C@H]1CO[C@@]2(CCCNC2c2ccccc2)C1. The Labute approximate surface area is 168 Å². The lowest BCUT2D eigenvalue weighted by molar-refractivity contribution is -0.274. The summed E-state index contributed by atoms with van der Waals surface area (Å²) in [5.41, 5.74) is 2.40. The van der Waals surface area contributed by atoms with Crippen LogP contribution in [0.25, 0.3) is 6.08 Å². The van der Waals surface area contributed by atoms with E-state index in [0.717, 1.165) is 36.9 Å². The fourth-order valence-corrected chi connectivity index (χ4v) is 4.70. The Morgan fingerprint density at radius 2 is 1.97 bits per heavy atom. The summed E-state index contributed by atoms with van der Waals surface area (Å²) in [4.78, 5) is 0. The van der Waals surface area contributed by atoms with Crippen LogP contribution < -0.4 is 10.1 Å². The average molecular weight is 403 g/mol. The highest BCUT2D eigenvalue weighted by Gasteiger charge is 2.49. The number of ether oxygens (including phenoxy) is 2. The first-order chi connectivity index (χ1) is 13.9. The molecule has 4 rings (SSSR count). The molecule has 0 saturated carbocycles. The summed E-state index contributed by atoms with van der Waals surface area (Å²) in [7, 11) is 0. The van der Waals surface area contributed by atoms with Crippen LogP contribution in [0.1, 0.15) is 47.9 Å². The molecule has 2 aliphatic rings. The standard InChI is InChI=1S/C23H24F3NO2/c1-2-16-9-10-19(29-23(24,25)26)13-20(16)18-14-22(28-15-18)11-6-12-27-21(22)17-7-4-3-5-8-17/h2-5,7-10,13,18,21,27H,1,6,11-12,14-15H2/t18-,21?,22+/m1/s1. The van der Waals surface area contributed by atoms with E-state index in [1.807, 2.05) is 18.2 Å². The molecule has 6 heteroatoms. The molecule has 3 nitrogen and oxygen atoms in total. The van der Waals surface area contributed by atoms with Crippen LogP contribution >= 0.6 is 0 Å². The second-order valence-electron chi connectivity index (χ2n) is 7.72. The van der Waals surface area contributed by atoms with Crippen molar-refractivity contribution in [2.24, 2.45) is 0 Å². The van der Waals surface area contributed by atoms with E-state index in [1.165, 1.54) is 17.7 Å². The summed E-state index contributed by atoms with van der Waals surface area (Å²) >= 11 is 0. The van der Waals surface area contributed by atoms with E-state index in [-0.39, 0.29) is 23.3 Å². The van der Waals surface area contributed by atoms with Gasteiger partial charge in [0.15, 0.2) is 0 Å². The van der Waals surface area contributed by atoms with Crippen LogP contribution in [-0.4, -0.2) is 25.1 Å². The summed E-state index contributed by atoms with van der Waals surface area (Å²) in [5, 5.41) is 3.59. The molecule has 1 spiro atoms. The van der Waals surface area contributed by atoms with Crippen LogP contribution in [0.4, 0.5) is 13.2 Å². The molecule has 154 valence electrons.